The lowest BCUT2D eigenvalue weighted by molar-refractivity contribution is -0.113. The molecule has 0 radical (unpaired) electrons. The smallest absolute Gasteiger partial charge is 0.341 e. The van der Waals surface area contributed by atoms with Crippen molar-refractivity contribution in [3.63, 3.8) is 0 Å². The summed E-state index contributed by atoms with van der Waals surface area (Å²) in [6, 6.07) is 7.54. The molecule has 12 heteroatoms. The van der Waals surface area contributed by atoms with Crippen LogP contribution in [0.15, 0.2) is 29.4 Å². The maximum atomic E-state index is 12.6. The first kappa shape index (κ1) is 26.2. The molecule has 2 N–H and O–H groups in total. The lowest BCUT2D eigenvalue weighted by Crippen LogP contribution is -2.17. The van der Waals surface area contributed by atoms with Crippen LogP contribution in [0.3, 0.4) is 0 Å². The number of amides is 1. The number of hydrogen-bond acceptors (Lipinski definition) is 10. The number of anilines is 2. The Hall–Kier alpha value is -3.38. The molecule has 0 aliphatic rings. The number of rotatable bonds is 11. The third-order valence-corrected chi connectivity index (χ3v) is 7.33. The topological polar surface area (TPSA) is 124 Å². The normalized spacial score (nSPS) is 10.7. The second kappa shape index (κ2) is 11.8. The number of nitrogens with one attached hydrogen (secondary N) is 2. The summed E-state index contributed by atoms with van der Waals surface area (Å²) in [6.07, 6.45) is 0. The van der Waals surface area contributed by atoms with Gasteiger partial charge in [0.2, 0.25) is 5.91 Å². The quantitative estimate of drug-likeness (QED) is 0.221. The zero-order valence-corrected chi connectivity index (χ0v) is 21.8. The largest absolute Gasteiger partial charge is 0.497 e. The molecular weight excluding hydrogens is 490 g/mol. The first-order valence-corrected chi connectivity index (χ1v) is 12.6. The number of nitrogens with zero attached hydrogens (tertiary/aromatic N) is 3. The average molecular weight is 518 g/mol. The van der Waals surface area contributed by atoms with Crippen LogP contribution in [-0.4, -0.2) is 51.9 Å². The first-order chi connectivity index (χ1) is 16.7. The molecule has 3 rings (SSSR count). The van der Waals surface area contributed by atoms with Crippen molar-refractivity contribution in [1.82, 2.24) is 14.8 Å². The summed E-state index contributed by atoms with van der Waals surface area (Å²) in [4.78, 5) is 37.4. The van der Waals surface area contributed by atoms with Gasteiger partial charge in [-0.1, -0.05) is 11.8 Å². The molecule has 0 aliphatic heterocycles. The minimum Gasteiger partial charge on any atom is -0.497 e. The van der Waals surface area contributed by atoms with Gasteiger partial charge >= 0.3 is 5.97 Å². The summed E-state index contributed by atoms with van der Waals surface area (Å²) in [5.74, 6) is 0.440. The van der Waals surface area contributed by atoms with Crippen LogP contribution in [0.5, 0.6) is 5.75 Å². The number of aromatic nitrogens is 3. The van der Waals surface area contributed by atoms with Crippen molar-refractivity contribution < 1.29 is 23.9 Å². The maximum Gasteiger partial charge on any atom is 0.341 e. The molecule has 0 unspecified atom stereocenters. The molecule has 3 aromatic rings. The van der Waals surface area contributed by atoms with E-state index in [-0.39, 0.29) is 29.6 Å². The van der Waals surface area contributed by atoms with Crippen molar-refractivity contribution in [2.45, 2.75) is 32.5 Å². The molecule has 2 heterocycles. The molecule has 0 saturated heterocycles. The zero-order chi connectivity index (χ0) is 25.5. The van der Waals surface area contributed by atoms with E-state index in [0.29, 0.717) is 33.0 Å². The van der Waals surface area contributed by atoms with Gasteiger partial charge in [0, 0.05) is 12.7 Å². The van der Waals surface area contributed by atoms with E-state index < -0.39 is 5.97 Å². The Bertz CT molecular complexity index is 1220. The van der Waals surface area contributed by atoms with Crippen molar-refractivity contribution >= 4 is 51.4 Å². The van der Waals surface area contributed by atoms with Crippen LogP contribution in [0.2, 0.25) is 0 Å². The minimum atomic E-state index is -0.570. The summed E-state index contributed by atoms with van der Waals surface area (Å²) in [7, 11) is 3.44. The Kier molecular flexibility index (Phi) is 8.88. The summed E-state index contributed by atoms with van der Waals surface area (Å²) in [6.45, 7) is 5.43. The molecule has 1 amide bonds. The molecule has 0 atom stereocenters. The van der Waals surface area contributed by atoms with E-state index in [1.54, 1.807) is 21.0 Å². The fraction of sp³-hybridized carbons (Fsp3) is 0.348. The zero-order valence-electron chi connectivity index (χ0n) is 20.1. The summed E-state index contributed by atoms with van der Waals surface area (Å²) >= 11 is 2.29. The second-order valence-electron chi connectivity index (χ2n) is 7.41. The number of hydrogen-bond donors (Lipinski definition) is 2. The van der Waals surface area contributed by atoms with Crippen LogP contribution in [0.1, 0.15) is 45.3 Å². The van der Waals surface area contributed by atoms with Crippen LogP contribution < -0.4 is 15.4 Å². The van der Waals surface area contributed by atoms with Gasteiger partial charge in [-0.15, -0.1) is 21.5 Å². The number of carbonyl (C=O) groups excluding carboxylic acids is 3. The molecule has 35 heavy (non-hydrogen) atoms. The van der Waals surface area contributed by atoms with E-state index in [2.05, 4.69) is 20.8 Å². The highest BCUT2D eigenvalue weighted by molar-refractivity contribution is 7.99. The highest BCUT2D eigenvalue weighted by Gasteiger charge is 2.25. The standard InChI is InChI=1S/C23H27N5O5S2/c1-6-33-22(31)19-13(2)20(14(3)29)35-21(19)25-18(30)12-34-23-27-26-17(28(23)4)11-24-15-7-9-16(32-5)10-8-15/h7-10,24H,6,11-12H2,1-5H3,(H,25,30). The molecular formula is C23H27N5O5S2. The van der Waals surface area contributed by atoms with Crippen molar-refractivity contribution in [2.75, 3.05) is 30.1 Å². The lowest BCUT2D eigenvalue weighted by atomic mass is 10.1. The van der Waals surface area contributed by atoms with Crippen LogP contribution in [0, 0.1) is 6.92 Å². The van der Waals surface area contributed by atoms with Crippen molar-refractivity contribution in [3.05, 3.63) is 46.1 Å². The lowest BCUT2D eigenvalue weighted by Gasteiger charge is -2.08. The minimum absolute atomic E-state index is 0.0481. The van der Waals surface area contributed by atoms with Gasteiger partial charge in [0.05, 0.1) is 36.5 Å². The number of carbonyl (C=O) groups is 3. The number of benzene rings is 1. The number of ether oxygens (including phenoxy) is 2. The van der Waals surface area contributed by atoms with E-state index in [9.17, 15) is 14.4 Å². The maximum absolute atomic E-state index is 12.6. The molecule has 2 aromatic heterocycles. The predicted molar refractivity (Wildman–Crippen MR) is 136 cm³/mol. The van der Waals surface area contributed by atoms with Gasteiger partial charge in [-0.05, 0) is 50.6 Å². The van der Waals surface area contributed by atoms with Gasteiger partial charge < -0.3 is 24.7 Å². The molecule has 0 bridgehead atoms. The van der Waals surface area contributed by atoms with Gasteiger partial charge in [0.25, 0.3) is 0 Å². The molecule has 10 nitrogen and oxygen atoms in total. The van der Waals surface area contributed by atoms with Gasteiger partial charge in [-0.2, -0.15) is 0 Å². The number of esters is 1. The first-order valence-electron chi connectivity index (χ1n) is 10.7. The highest BCUT2D eigenvalue weighted by atomic mass is 32.2. The molecule has 1 aromatic carbocycles. The fourth-order valence-electron chi connectivity index (χ4n) is 3.19. The van der Waals surface area contributed by atoms with Crippen LogP contribution in [0.25, 0.3) is 0 Å². The molecule has 186 valence electrons. The predicted octanol–water partition coefficient (Wildman–Crippen LogP) is 3.92. The molecule has 0 fully saturated rings. The Morgan fingerprint density at radius 1 is 1.17 bits per heavy atom. The summed E-state index contributed by atoms with van der Waals surface area (Å²) in [5.41, 5.74) is 1.63. The Labute approximate surface area is 211 Å². The third kappa shape index (κ3) is 6.40. The van der Waals surface area contributed by atoms with Gasteiger partial charge in [0.1, 0.15) is 10.8 Å². The molecule has 0 saturated carbocycles. The van der Waals surface area contributed by atoms with E-state index >= 15 is 0 Å². The van der Waals surface area contributed by atoms with Crippen molar-refractivity contribution in [3.8, 4) is 5.75 Å². The van der Waals surface area contributed by atoms with E-state index in [0.717, 1.165) is 22.8 Å². The second-order valence-corrected chi connectivity index (χ2v) is 9.38. The molecule has 0 spiro atoms. The van der Waals surface area contributed by atoms with Crippen LogP contribution >= 0.6 is 23.1 Å². The van der Waals surface area contributed by atoms with Crippen LogP contribution in [0.4, 0.5) is 10.7 Å². The monoisotopic (exact) mass is 517 g/mol. The van der Waals surface area contributed by atoms with Crippen LogP contribution in [-0.2, 0) is 23.1 Å². The van der Waals surface area contributed by atoms with Gasteiger partial charge in [-0.3, -0.25) is 9.59 Å². The Morgan fingerprint density at radius 3 is 2.51 bits per heavy atom. The van der Waals surface area contributed by atoms with E-state index in [1.165, 1.54) is 18.7 Å². The Balaban J connectivity index is 1.62. The van der Waals surface area contributed by atoms with Crippen molar-refractivity contribution in [1.29, 1.82) is 0 Å². The number of methoxy groups -OCH3 is 1. The van der Waals surface area contributed by atoms with Crippen molar-refractivity contribution in [2.24, 2.45) is 7.05 Å². The fourth-order valence-corrected chi connectivity index (χ4v) is 5.03. The number of thiophene rings is 1. The van der Waals surface area contributed by atoms with Gasteiger partial charge in [-0.25, -0.2) is 4.79 Å². The number of ketones is 1. The number of Topliss-reactive ketones (excluding diaryl/α,β-unsaturated/α-hetero) is 1. The Morgan fingerprint density at radius 2 is 1.89 bits per heavy atom. The average Bonchev–Trinajstić information content (AvgIpc) is 3.35. The highest BCUT2D eigenvalue weighted by Crippen LogP contribution is 2.34. The SMILES string of the molecule is CCOC(=O)c1c(NC(=O)CSc2nnc(CNc3ccc(OC)cc3)n2C)sc(C(C)=O)c1C. The van der Waals surface area contributed by atoms with E-state index in [1.807, 2.05) is 35.9 Å². The van der Waals surface area contributed by atoms with Gasteiger partial charge in [0.15, 0.2) is 16.8 Å². The third-order valence-electron chi connectivity index (χ3n) is 5.00. The molecule has 0 aliphatic carbocycles. The number of thioether (sulfide) groups is 1. The van der Waals surface area contributed by atoms with E-state index in [4.69, 9.17) is 9.47 Å². The summed E-state index contributed by atoms with van der Waals surface area (Å²) < 4.78 is 12.1. The summed E-state index contributed by atoms with van der Waals surface area (Å²) in [5, 5.41) is 15.3.